The van der Waals surface area contributed by atoms with Crippen molar-refractivity contribution in [1.82, 2.24) is 0 Å². The van der Waals surface area contributed by atoms with Crippen molar-refractivity contribution in [2.75, 3.05) is 45.9 Å². The summed E-state index contributed by atoms with van der Waals surface area (Å²) in [6, 6.07) is 5.66. The largest absolute Gasteiger partial charge is 0.491 e. The van der Waals surface area contributed by atoms with Crippen molar-refractivity contribution in [2.24, 2.45) is 0 Å². The quantitative estimate of drug-likeness (QED) is 0.557. The van der Waals surface area contributed by atoms with Crippen molar-refractivity contribution < 1.29 is 24.1 Å². The fourth-order valence-corrected chi connectivity index (χ4v) is 4.45. The van der Waals surface area contributed by atoms with Crippen LogP contribution in [0.3, 0.4) is 0 Å². The molecule has 1 saturated heterocycles. The smallest absolute Gasteiger partial charge is 0.339 e. The van der Waals surface area contributed by atoms with Crippen LogP contribution in [0.15, 0.2) is 27.4 Å². The Hall–Kier alpha value is -1.89. The van der Waals surface area contributed by atoms with E-state index in [1.165, 1.54) is 24.5 Å². The third kappa shape index (κ3) is 4.03. The molecular weight excluding hydrogens is 344 g/mol. The molecule has 3 N–H and O–H groups in total. The van der Waals surface area contributed by atoms with E-state index >= 15 is 0 Å². The summed E-state index contributed by atoms with van der Waals surface area (Å²) in [5.41, 5.74) is 2.32. The topological polar surface area (TPSA) is 68.6 Å². The molecule has 6 heteroatoms. The minimum atomic E-state index is -0.495. The van der Waals surface area contributed by atoms with Gasteiger partial charge in [0.25, 0.3) is 0 Å². The van der Waals surface area contributed by atoms with E-state index in [-0.39, 0.29) is 12.2 Å². The van der Waals surface area contributed by atoms with Gasteiger partial charge in [-0.15, -0.1) is 0 Å². The molecule has 1 fully saturated rings. The van der Waals surface area contributed by atoms with Gasteiger partial charge in [0.2, 0.25) is 0 Å². The zero-order chi connectivity index (χ0) is 18.8. The maximum atomic E-state index is 12.1. The van der Waals surface area contributed by atoms with Crippen LogP contribution < -0.4 is 20.2 Å². The Morgan fingerprint density at radius 2 is 1.89 bits per heavy atom. The number of aryl methyl sites for hydroxylation is 1. The van der Waals surface area contributed by atoms with Crippen LogP contribution in [0.1, 0.15) is 24.5 Å². The zero-order valence-corrected chi connectivity index (χ0v) is 16.1. The van der Waals surface area contributed by atoms with Crippen molar-refractivity contribution in [3.8, 4) is 5.75 Å². The summed E-state index contributed by atoms with van der Waals surface area (Å²) in [4.78, 5) is 15.2. The molecule has 0 bridgehead atoms. The van der Waals surface area contributed by atoms with Crippen LogP contribution in [-0.4, -0.2) is 57.1 Å². The lowest BCUT2D eigenvalue weighted by molar-refractivity contribution is -1.01. The van der Waals surface area contributed by atoms with Crippen molar-refractivity contribution >= 4 is 11.0 Å². The van der Waals surface area contributed by atoms with E-state index in [2.05, 4.69) is 6.92 Å². The summed E-state index contributed by atoms with van der Waals surface area (Å²) in [7, 11) is 0. The molecule has 2 heterocycles. The van der Waals surface area contributed by atoms with E-state index < -0.39 is 6.10 Å². The molecule has 0 amide bonds. The lowest BCUT2D eigenvalue weighted by Crippen LogP contribution is -3.28. The highest BCUT2D eigenvalue weighted by Gasteiger charge is 2.24. The SMILES string of the molecule is CC[NH+]1CC[NH+](C[C@H](O)COc2ccc3c4c(c(=O)oc3c2)CCC4)CC1. The first-order chi connectivity index (χ1) is 13.1. The first-order valence-electron chi connectivity index (χ1n) is 10.2. The number of hydrogen-bond donors (Lipinski definition) is 3. The highest BCUT2D eigenvalue weighted by molar-refractivity contribution is 5.83. The van der Waals surface area contributed by atoms with Crippen LogP contribution in [0.5, 0.6) is 5.75 Å². The Morgan fingerprint density at radius 1 is 1.15 bits per heavy atom. The summed E-state index contributed by atoms with van der Waals surface area (Å²) >= 11 is 0. The lowest BCUT2D eigenvalue weighted by Gasteiger charge is -2.30. The second-order valence-corrected chi connectivity index (χ2v) is 7.88. The Kier molecular flexibility index (Phi) is 5.48. The normalized spacial score (nSPS) is 23.3. The van der Waals surface area contributed by atoms with Gasteiger partial charge in [-0.3, -0.25) is 0 Å². The fraction of sp³-hybridized carbons (Fsp3) is 0.571. The molecule has 6 nitrogen and oxygen atoms in total. The fourth-order valence-electron chi connectivity index (χ4n) is 4.45. The number of hydrogen-bond acceptors (Lipinski definition) is 4. The molecule has 1 aromatic carbocycles. The van der Waals surface area contributed by atoms with Crippen molar-refractivity contribution in [3.63, 3.8) is 0 Å². The first-order valence-corrected chi connectivity index (χ1v) is 10.2. The van der Waals surface area contributed by atoms with Crippen molar-refractivity contribution in [3.05, 3.63) is 39.7 Å². The zero-order valence-electron chi connectivity index (χ0n) is 16.1. The number of aliphatic hydroxyl groups is 1. The van der Waals surface area contributed by atoms with Gasteiger partial charge >= 0.3 is 5.63 Å². The average Bonchev–Trinajstić information content (AvgIpc) is 3.18. The molecule has 0 spiro atoms. The molecular formula is C21H30N2O4+2. The maximum absolute atomic E-state index is 12.1. The predicted molar refractivity (Wildman–Crippen MR) is 103 cm³/mol. The molecule has 1 atom stereocenters. The van der Waals surface area contributed by atoms with Crippen molar-refractivity contribution in [2.45, 2.75) is 32.3 Å². The average molecular weight is 374 g/mol. The molecule has 2 aliphatic rings. The van der Waals surface area contributed by atoms with Gasteiger partial charge < -0.3 is 24.1 Å². The van der Waals surface area contributed by atoms with Crippen LogP contribution >= 0.6 is 0 Å². The van der Waals surface area contributed by atoms with Gasteiger partial charge in [0, 0.05) is 17.0 Å². The number of benzene rings is 1. The number of piperazine rings is 1. The van der Waals surface area contributed by atoms with E-state index in [9.17, 15) is 9.90 Å². The summed E-state index contributed by atoms with van der Waals surface area (Å²) in [5, 5.41) is 11.4. The van der Waals surface area contributed by atoms with Crippen LogP contribution in [0, 0.1) is 0 Å². The second kappa shape index (κ2) is 8.00. The number of rotatable bonds is 6. The lowest BCUT2D eigenvalue weighted by atomic mass is 10.1. The van der Waals surface area contributed by atoms with Crippen molar-refractivity contribution in [1.29, 1.82) is 0 Å². The number of quaternary nitrogens is 2. The molecule has 0 unspecified atom stereocenters. The molecule has 2 aromatic rings. The van der Waals surface area contributed by atoms with Gasteiger partial charge in [-0.05, 0) is 43.9 Å². The summed E-state index contributed by atoms with van der Waals surface area (Å²) in [6.07, 6.45) is 2.27. The number of nitrogens with one attached hydrogen (secondary N) is 2. The molecule has 146 valence electrons. The van der Waals surface area contributed by atoms with Crippen LogP contribution in [0.4, 0.5) is 0 Å². The monoisotopic (exact) mass is 374 g/mol. The third-order valence-electron chi connectivity index (χ3n) is 6.08. The predicted octanol–water partition coefficient (Wildman–Crippen LogP) is -1.18. The van der Waals surface area contributed by atoms with Gasteiger partial charge in [-0.2, -0.15) is 0 Å². The van der Waals surface area contributed by atoms with E-state index in [0.717, 1.165) is 48.9 Å². The van der Waals surface area contributed by atoms with Crippen LogP contribution in [0.25, 0.3) is 11.0 Å². The number of aliphatic hydroxyl groups excluding tert-OH is 1. The minimum absolute atomic E-state index is 0.218. The van der Waals surface area contributed by atoms with Gasteiger partial charge in [0.15, 0.2) is 0 Å². The highest BCUT2D eigenvalue weighted by atomic mass is 16.5. The molecule has 1 aromatic heterocycles. The summed E-state index contributed by atoms with van der Waals surface area (Å²) < 4.78 is 11.3. The van der Waals surface area contributed by atoms with E-state index in [4.69, 9.17) is 9.15 Å². The summed E-state index contributed by atoms with van der Waals surface area (Å²) in [6.45, 7) is 8.94. The maximum Gasteiger partial charge on any atom is 0.339 e. The Morgan fingerprint density at radius 3 is 2.67 bits per heavy atom. The summed E-state index contributed by atoms with van der Waals surface area (Å²) in [5.74, 6) is 0.637. The van der Waals surface area contributed by atoms with Crippen LogP contribution in [0.2, 0.25) is 0 Å². The van der Waals surface area contributed by atoms with Gasteiger partial charge in [-0.25, -0.2) is 4.79 Å². The first kappa shape index (κ1) is 18.5. The Labute approximate surface area is 159 Å². The molecule has 27 heavy (non-hydrogen) atoms. The van der Waals surface area contributed by atoms with Gasteiger partial charge in [-0.1, -0.05) is 0 Å². The van der Waals surface area contributed by atoms with E-state index in [1.807, 2.05) is 12.1 Å². The molecule has 1 aliphatic carbocycles. The second-order valence-electron chi connectivity index (χ2n) is 7.88. The highest BCUT2D eigenvalue weighted by Crippen LogP contribution is 2.29. The van der Waals surface area contributed by atoms with E-state index in [1.54, 1.807) is 11.0 Å². The molecule has 1 aliphatic heterocycles. The number of fused-ring (bicyclic) bond motifs is 3. The third-order valence-corrected chi connectivity index (χ3v) is 6.08. The minimum Gasteiger partial charge on any atom is -0.491 e. The standard InChI is InChI=1S/C21H28N2O4/c1-2-22-8-10-23(11-9-22)13-15(24)14-26-16-6-7-18-17-4-3-5-19(17)21(25)27-20(18)12-16/h6-7,12,15,24H,2-5,8-11,13-14H2,1H3/p+2/t15-/m0/s1. The number of ether oxygens (including phenoxy) is 1. The van der Waals surface area contributed by atoms with Gasteiger partial charge in [0.1, 0.15) is 56.8 Å². The molecule has 4 rings (SSSR count). The molecule has 0 saturated carbocycles. The Balaban J connectivity index is 1.36. The van der Waals surface area contributed by atoms with Gasteiger partial charge in [0.05, 0.1) is 6.54 Å². The number of likely N-dealkylation sites (N-methyl/N-ethyl adjacent to an activating group) is 1. The Bertz CT molecular complexity index is 855. The van der Waals surface area contributed by atoms with Crippen LogP contribution in [-0.2, 0) is 12.8 Å². The molecule has 0 radical (unpaired) electrons. The van der Waals surface area contributed by atoms with E-state index in [0.29, 0.717) is 17.9 Å².